The molecule has 0 radical (unpaired) electrons. The van der Waals surface area contributed by atoms with E-state index in [9.17, 15) is 8.42 Å². The zero-order valence-electron chi connectivity index (χ0n) is 11.7. The van der Waals surface area contributed by atoms with E-state index < -0.39 is 10.1 Å². The lowest BCUT2D eigenvalue weighted by Crippen LogP contribution is -2.30. The quantitative estimate of drug-likeness (QED) is 0.802. The molecule has 3 rings (SSSR count). The standard InChI is InChI=1S/C15H20O4S/c1-12-3-5-14(6-4-12)20(16,17)19-10-13-9-15(11-18-13)7-2-8-15/h3-6,13H,2,7-11H2,1H3/t13-/m1/s1. The van der Waals surface area contributed by atoms with Crippen LogP contribution in [0.3, 0.4) is 0 Å². The minimum absolute atomic E-state index is 0.0875. The second kappa shape index (κ2) is 5.13. The molecule has 1 heterocycles. The lowest BCUT2D eigenvalue weighted by atomic mass is 9.68. The van der Waals surface area contributed by atoms with Gasteiger partial charge < -0.3 is 4.74 Å². The van der Waals surface area contributed by atoms with Crippen LogP contribution < -0.4 is 0 Å². The molecule has 0 aromatic heterocycles. The molecule has 1 saturated carbocycles. The van der Waals surface area contributed by atoms with Gasteiger partial charge in [0, 0.05) is 0 Å². The molecule has 0 N–H and O–H groups in total. The molecule has 1 aliphatic carbocycles. The third-order valence-electron chi connectivity index (χ3n) is 4.42. The Hall–Kier alpha value is -0.910. The van der Waals surface area contributed by atoms with Crippen molar-refractivity contribution in [3.63, 3.8) is 0 Å². The van der Waals surface area contributed by atoms with Crippen molar-refractivity contribution < 1.29 is 17.3 Å². The van der Waals surface area contributed by atoms with Gasteiger partial charge in [0.05, 0.1) is 24.2 Å². The van der Waals surface area contributed by atoms with Gasteiger partial charge >= 0.3 is 0 Å². The molecule has 2 fully saturated rings. The number of hydrogen-bond acceptors (Lipinski definition) is 4. The summed E-state index contributed by atoms with van der Waals surface area (Å²) in [5, 5.41) is 0. The highest BCUT2D eigenvalue weighted by molar-refractivity contribution is 7.86. The largest absolute Gasteiger partial charge is 0.375 e. The molecule has 5 heteroatoms. The summed E-state index contributed by atoms with van der Waals surface area (Å²) >= 11 is 0. The average Bonchev–Trinajstić information content (AvgIpc) is 2.82. The maximum Gasteiger partial charge on any atom is 0.297 e. The van der Waals surface area contributed by atoms with Crippen molar-refractivity contribution in [1.29, 1.82) is 0 Å². The number of rotatable bonds is 4. The Morgan fingerprint density at radius 1 is 1.30 bits per heavy atom. The Kier molecular flexibility index (Phi) is 3.60. The van der Waals surface area contributed by atoms with Gasteiger partial charge in [0.1, 0.15) is 0 Å². The SMILES string of the molecule is Cc1ccc(S(=O)(=O)OC[C@H]2CC3(CCC3)CO2)cc1. The Labute approximate surface area is 120 Å². The fourth-order valence-corrected chi connectivity index (χ4v) is 3.90. The van der Waals surface area contributed by atoms with Crippen LogP contribution in [-0.2, 0) is 19.0 Å². The fraction of sp³-hybridized carbons (Fsp3) is 0.600. The minimum atomic E-state index is -3.67. The maximum atomic E-state index is 12.1. The van der Waals surface area contributed by atoms with Gasteiger partial charge in [0.15, 0.2) is 0 Å². The highest BCUT2D eigenvalue weighted by Gasteiger charge is 2.44. The van der Waals surface area contributed by atoms with Gasteiger partial charge in [-0.2, -0.15) is 8.42 Å². The van der Waals surface area contributed by atoms with Crippen molar-refractivity contribution in [2.24, 2.45) is 5.41 Å². The molecule has 4 nitrogen and oxygen atoms in total. The van der Waals surface area contributed by atoms with Crippen LogP contribution in [0.1, 0.15) is 31.2 Å². The van der Waals surface area contributed by atoms with Crippen LogP contribution in [0.5, 0.6) is 0 Å². The van der Waals surface area contributed by atoms with Gasteiger partial charge in [-0.3, -0.25) is 4.18 Å². The highest BCUT2D eigenvalue weighted by atomic mass is 32.2. The number of benzene rings is 1. The van der Waals surface area contributed by atoms with Gasteiger partial charge in [-0.15, -0.1) is 0 Å². The van der Waals surface area contributed by atoms with Crippen LogP contribution in [-0.4, -0.2) is 27.7 Å². The molecule has 1 aliphatic heterocycles. The van der Waals surface area contributed by atoms with Gasteiger partial charge in [0.25, 0.3) is 10.1 Å². The Morgan fingerprint density at radius 3 is 2.55 bits per heavy atom. The van der Waals surface area contributed by atoms with Crippen molar-refractivity contribution in [3.05, 3.63) is 29.8 Å². The summed E-state index contributed by atoms with van der Waals surface area (Å²) in [6, 6.07) is 6.69. The first kappa shape index (κ1) is 14.0. The van der Waals surface area contributed by atoms with Crippen molar-refractivity contribution >= 4 is 10.1 Å². The first-order valence-electron chi connectivity index (χ1n) is 7.07. The number of hydrogen-bond donors (Lipinski definition) is 0. The predicted octanol–water partition coefficient (Wildman–Crippen LogP) is 2.66. The van der Waals surface area contributed by atoms with E-state index >= 15 is 0 Å². The normalized spacial score (nSPS) is 24.8. The van der Waals surface area contributed by atoms with E-state index in [1.807, 2.05) is 6.92 Å². The van der Waals surface area contributed by atoms with Crippen molar-refractivity contribution in [2.45, 2.75) is 43.6 Å². The molecular weight excluding hydrogens is 276 g/mol. The zero-order chi connectivity index (χ0) is 14.2. The van der Waals surface area contributed by atoms with Crippen LogP contribution in [0.2, 0.25) is 0 Å². The summed E-state index contributed by atoms with van der Waals surface area (Å²) < 4.78 is 35.0. The molecule has 1 spiro atoms. The Balaban J connectivity index is 1.59. The van der Waals surface area contributed by atoms with E-state index in [-0.39, 0.29) is 17.6 Å². The van der Waals surface area contributed by atoms with Crippen molar-refractivity contribution in [1.82, 2.24) is 0 Å². The highest BCUT2D eigenvalue weighted by Crippen LogP contribution is 2.49. The summed E-state index contributed by atoms with van der Waals surface area (Å²) in [7, 11) is -3.67. The molecule has 1 aromatic rings. The van der Waals surface area contributed by atoms with Gasteiger partial charge in [-0.05, 0) is 43.7 Å². The second-order valence-electron chi connectivity index (χ2n) is 6.04. The van der Waals surface area contributed by atoms with Crippen LogP contribution in [0.4, 0.5) is 0 Å². The van der Waals surface area contributed by atoms with Crippen LogP contribution in [0.15, 0.2) is 29.2 Å². The summed E-state index contributed by atoms with van der Waals surface area (Å²) in [4.78, 5) is 0.208. The molecule has 0 bridgehead atoms. The van der Waals surface area contributed by atoms with E-state index in [2.05, 4.69) is 0 Å². The second-order valence-corrected chi connectivity index (χ2v) is 7.66. The van der Waals surface area contributed by atoms with Crippen LogP contribution in [0.25, 0.3) is 0 Å². The molecule has 0 amide bonds. The fourth-order valence-electron chi connectivity index (χ4n) is 2.97. The van der Waals surface area contributed by atoms with Gasteiger partial charge in [0.2, 0.25) is 0 Å². The van der Waals surface area contributed by atoms with E-state index in [0.717, 1.165) is 18.6 Å². The maximum absolute atomic E-state index is 12.1. The summed E-state index contributed by atoms with van der Waals surface area (Å²) in [6.45, 7) is 2.80. The molecule has 1 atom stereocenters. The minimum Gasteiger partial charge on any atom is -0.375 e. The predicted molar refractivity (Wildman–Crippen MR) is 75.0 cm³/mol. The topological polar surface area (TPSA) is 52.6 Å². The monoisotopic (exact) mass is 296 g/mol. The lowest BCUT2D eigenvalue weighted by molar-refractivity contribution is 0.0498. The molecule has 20 heavy (non-hydrogen) atoms. The zero-order valence-corrected chi connectivity index (χ0v) is 12.5. The number of aryl methyl sites for hydroxylation is 1. The third kappa shape index (κ3) is 2.75. The van der Waals surface area contributed by atoms with Crippen molar-refractivity contribution in [2.75, 3.05) is 13.2 Å². The molecule has 1 aromatic carbocycles. The third-order valence-corrected chi connectivity index (χ3v) is 5.71. The van der Waals surface area contributed by atoms with Crippen molar-refractivity contribution in [3.8, 4) is 0 Å². The van der Waals surface area contributed by atoms with Gasteiger partial charge in [-0.25, -0.2) is 0 Å². The van der Waals surface area contributed by atoms with E-state index in [1.54, 1.807) is 24.3 Å². The van der Waals surface area contributed by atoms with Crippen LogP contribution >= 0.6 is 0 Å². The van der Waals surface area contributed by atoms with E-state index in [0.29, 0.717) is 5.41 Å². The van der Waals surface area contributed by atoms with Crippen LogP contribution in [0, 0.1) is 12.3 Å². The molecule has 110 valence electrons. The average molecular weight is 296 g/mol. The summed E-state index contributed by atoms with van der Waals surface area (Å²) in [5.41, 5.74) is 1.34. The van der Waals surface area contributed by atoms with E-state index in [4.69, 9.17) is 8.92 Å². The first-order chi connectivity index (χ1) is 9.49. The Morgan fingerprint density at radius 2 is 2.00 bits per heavy atom. The smallest absolute Gasteiger partial charge is 0.297 e. The van der Waals surface area contributed by atoms with E-state index in [1.165, 1.54) is 19.3 Å². The number of ether oxygens (including phenoxy) is 1. The lowest BCUT2D eigenvalue weighted by Gasteiger charge is -2.36. The van der Waals surface area contributed by atoms with Gasteiger partial charge in [-0.1, -0.05) is 24.1 Å². The molecule has 2 aliphatic rings. The molecular formula is C15H20O4S. The summed E-state index contributed by atoms with van der Waals surface area (Å²) in [5.74, 6) is 0. The first-order valence-corrected chi connectivity index (χ1v) is 8.48. The molecule has 1 saturated heterocycles. The summed E-state index contributed by atoms with van der Waals surface area (Å²) in [6.07, 6.45) is 4.51. The Bertz CT molecular complexity index is 572. The molecule has 0 unspecified atom stereocenters.